The normalized spacial score (nSPS) is 10.5. The van der Waals surface area contributed by atoms with Crippen LogP contribution in [-0.4, -0.2) is 39.9 Å². The van der Waals surface area contributed by atoms with Gasteiger partial charge in [-0.2, -0.15) is 0 Å². The molecule has 0 saturated heterocycles. The van der Waals surface area contributed by atoms with E-state index in [1.54, 1.807) is 50.6 Å². The van der Waals surface area contributed by atoms with E-state index in [0.717, 1.165) is 5.56 Å². The van der Waals surface area contributed by atoms with Crippen LogP contribution in [0.3, 0.4) is 0 Å². The number of amides is 1. The molecule has 0 aliphatic rings. The van der Waals surface area contributed by atoms with Crippen LogP contribution in [-0.2, 0) is 18.4 Å². The van der Waals surface area contributed by atoms with Gasteiger partial charge in [0.1, 0.15) is 11.5 Å². The molecule has 3 aromatic rings. The molecule has 9 nitrogen and oxygen atoms in total. The fraction of sp³-hybridized carbons (Fsp3) is 0.238. The molecule has 156 valence electrons. The zero-order valence-electron chi connectivity index (χ0n) is 16.9. The molecule has 0 atom stereocenters. The Bertz CT molecular complexity index is 1120. The van der Waals surface area contributed by atoms with Gasteiger partial charge in [0.25, 0.3) is 5.91 Å². The summed E-state index contributed by atoms with van der Waals surface area (Å²) in [6.45, 7) is 1.62. The van der Waals surface area contributed by atoms with E-state index in [-0.39, 0.29) is 30.1 Å². The summed E-state index contributed by atoms with van der Waals surface area (Å²) in [5, 5.41) is 7.08. The third-order valence-corrected chi connectivity index (χ3v) is 4.38. The maximum Gasteiger partial charge on any atom is 0.345 e. The average molecular weight is 410 g/mol. The molecular weight excluding hydrogens is 388 g/mol. The molecule has 0 aliphatic heterocycles. The quantitative estimate of drug-likeness (QED) is 0.469. The minimum absolute atomic E-state index is 0.173. The maximum absolute atomic E-state index is 12.5. The van der Waals surface area contributed by atoms with E-state index in [4.69, 9.17) is 9.47 Å². The van der Waals surface area contributed by atoms with E-state index in [0.29, 0.717) is 11.6 Å². The molecule has 1 heterocycles. The summed E-state index contributed by atoms with van der Waals surface area (Å²) in [5.41, 5.74) is 0.712. The SMILES string of the molecule is COc1ccc(-c2nn(CCNC(=O)c3ccccc3OC(C)=O)c(=O)n2C)cc1. The minimum atomic E-state index is -0.513. The lowest BCUT2D eigenvalue weighted by Gasteiger charge is -2.09. The van der Waals surface area contributed by atoms with Crippen molar-refractivity contribution in [1.29, 1.82) is 0 Å². The standard InChI is InChI=1S/C21H22N4O5/c1-14(26)30-18-7-5-4-6-17(18)20(27)22-12-13-25-21(28)24(2)19(23-25)15-8-10-16(29-3)11-9-15/h4-11H,12-13H2,1-3H3,(H,22,27). The Morgan fingerprint density at radius 2 is 1.80 bits per heavy atom. The molecule has 2 aromatic carbocycles. The lowest BCUT2D eigenvalue weighted by Crippen LogP contribution is -2.32. The van der Waals surface area contributed by atoms with Crippen LogP contribution in [0.4, 0.5) is 0 Å². The number of esters is 1. The Morgan fingerprint density at radius 1 is 1.10 bits per heavy atom. The highest BCUT2D eigenvalue weighted by Gasteiger charge is 2.15. The van der Waals surface area contributed by atoms with E-state index in [9.17, 15) is 14.4 Å². The molecule has 0 bridgehead atoms. The molecule has 0 fully saturated rings. The summed E-state index contributed by atoms with van der Waals surface area (Å²) in [6.07, 6.45) is 0. The zero-order valence-corrected chi connectivity index (χ0v) is 16.9. The fourth-order valence-corrected chi connectivity index (χ4v) is 2.89. The number of rotatable bonds is 7. The van der Waals surface area contributed by atoms with Crippen molar-refractivity contribution in [3.8, 4) is 22.9 Å². The highest BCUT2D eigenvalue weighted by Crippen LogP contribution is 2.19. The highest BCUT2D eigenvalue weighted by atomic mass is 16.5. The summed E-state index contributed by atoms with van der Waals surface area (Å²) in [6, 6.07) is 13.7. The first-order valence-electron chi connectivity index (χ1n) is 9.24. The van der Waals surface area contributed by atoms with Gasteiger partial charge in [0, 0.05) is 26.1 Å². The van der Waals surface area contributed by atoms with E-state index in [1.807, 2.05) is 12.1 Å². The lowest BCUT2D eigenvalue weighted by atomic mass is 10.2. The number of para-hydroxylation sites is 1. The number of nitrogens with zero attached hydrogens (tertiary/aromatic N) is 3. The molecule has 0 aliphatic carbocycles. The Hall–Kier alpha value is -3.88. The number of aromatic nitrogens is 3. The third kappa shape index (κ3) is 4.57. The molecule has 1 amide bonds. The molecule has 30 heavy (non-hydrogen) atoms. The topological polar surface area (TPSA) is 104 Å². The van der Waals surface area contributed by atoms with E-state index in [1.165, 1.54) is 16.2 Å². The van der Waals surface area contributed by atoms with Crippen molar-refractivity contribution in [1.82, 2.24) is 19.7 Å². The number of nitrogens with one attached hydrogen (secondary N) is 1. The largest absolute Gasteiger partial charge is 0.497 e. The van der Waals surface area contributed by atoms with Gasteiger partial charge in [-0.3, -0.25) is 14.2 Å². The lowest BCUT2D eigenvalue weighted by molar-refractivity contribution is -0.131. The monoisotopic (exact) mass is 410 g/mol. The molecule has 3 rings (SSSR count). The highest BCUT2D eigenvalue weighted by molar-refractivity contribution is 5.97. The second-order valence-corrected chi connectivity index (χ2v) is 6.46. The fourth-order valence-electron chi connectivity index (χ4n) is 2.89. The zero-order chi connectivity index (χ0) is 21.7. The molecule has 0 unspecified atom stereocenters. The van der Waals surface area contributed by atoms with Gasteiger partial charge in [-0.1, -0.05) is 12.1 Å². The minimum Gasteiger partial charge on any atom is -0.497 e. The third-order valence-electron chi connectivity index (χ3n) is 4.38. The van der Waals surface area contributed by atoms with Crippen molar-refractivity contribution < 1.29 is 19.1 Å². The molecule has 0 saturated carbocycles. The van der Waals surface area contributed by atoms with Crippen molar-refractivity contribution in [3.63, 3.8) is 0 Å². The molecule has 9 heteroatoms. The van der Waals surface area contributed by atoms with Gasteiger partial charge in [-0.25, -0.2) is 9.48 Å². The summed E-state index contributed by atoms with van der Waals surface area (Å²) in [5.74, 6) is 0.473. The number of hydrogen-bond acceptors (Lipinski definition) is 6. The summed E-state index contributed by atoms with van der Waals surface area (Å²) in [4.78, 5) is 36.1. The molecule has 0 spiro atoms. The summed E-state index contributed by atoms with van der Waals surface area (Å²) in [7, 11) is 3.22. The second-order valence-electron chi connectivity index (χ2n) is 6.46. The predicted molar refractivity (Wildman–Crippen MR) is 110 cm³/mol. The van der Waals surface area contributed by atoms with Crippen molar-refractivity contribution in [2.45, 2.75) is 13.5 Å². The van der Waals surface area contributed by atoms with E-state index < -0.39 is 11.9 Å². The number of carbonyl (C=O) groups excluding carboxylic acids is 2. The second kappa shape index (κ2) is 9.08. The Labute approximate surface area is 172 Å². The number of ether oxygens (including phenoxy) is 2. The smallest absolute Gasteiger partial charge is 0.345 e. The van der Waals surface area contributed by atoms with Crippen LogP contribution in [0.15, 0.2) is 53.3 Å². The van der Waals surface area contributed by atoms with Crippen LogP contribution in [0, 0.1) is 0 Å². The van der Waals surface area contributed by atoms with Crippen molar-refractivity contribution in [2.75, 3.05) is 13.7 Å². The van der Waals surface area contributed by atoms with Crippen molar-refractivity contribution in [2.24, 2.45) is 7.05 Å². The predicted octanol–water partition coefficient (Wildman–Crippen LogP) is 1.61. The number of hydrogen-bond donors (Lipinski definition) is 1. The molecular formula is C21H22N4O5. The molecule has 1 aromatic heterocycles. The first-order chi connectivity index (χ1) is 14.4. The van der Waals surface area contributed by atoms with Crippen LogP contribution in [0.1, 0.15) is 17.3 Å². The van der Waals surface area contributed by atoms with Crippen LogP contribution in [0.5, 0.6) is 11.5 Å². The first kappa shape index (κ1) is 20.8. The van der Waals surface area contributed by atoms with Gasteiger partial charge in [0.2, 0.25) is 0 Å². The van der Waals surface area contributed by atoms with Gasteiger partial charge in [0.05, 0.1) is 19.2 Å². The number of benzene rings is 2. The van der Waals surface area contributed by atoms with Crippen molar-refractivity contribution >= 4 is 11.9 Å². The number of methoxy groups -OCH3 is 1. The maximum atomic E-state index is 12.5. The van der Waals surface area contributed by atoms with Gasteiger partial charge >= 0.3 is 11.7 Å². The Balaban J connectivity index is 1.69. The molecule has 0 radical (unpaired) electrons. The average Bonchev–Trinajstić information content (AvgIpc) is 3.02. The van der Waals surface area contributed by atoms with Crippen LogP contribution in [0.25, 0.3) is 11.4 Å². The Morgan fingerprint density at radius 3 is 2.47 bits per heavy atom. The van der Waals surface area contributed by atoms with Crippen molar-refractivity contribution in [3.05, 3.63) is 64.6 Å². The first-order valence-corrected chi connectivity index (χ1v) is 9.24. The van der Waals surface area contributed by atoms with E-state index >= 15 is 0 Å². The van der Waals surface area contributed by atoms with Gasteiger partial charge in [0.15, 0.2) is 5.82 Å². The number of carbonyl (C=O) groups is 2. The van der Waals surface area contributed by atoms with E-state index in [2.05, 4.69) is 10.4 Å². The van der Waals surface area contributed by atoms with Gasteiger partial charge in [-0.15, -0.1) is 5.10 Å². The summed E-state index contributed by atoms with van der Waals surface area (Å²) < 4.78 is 12.9. The molecule has 1 N–H and O–H groups in total. The Kier molecular flexibility index (Phi) is 6.31. The van der Waals surface area contributed by atoms with Crippen LogP contribution in [0.2, 0.25) is 0 Å². The van der Waals surface area contributed by atoms with Crippen LogP contribution >= 0.6 is 0 Å². The van der Waals surface area contributed by atoms with Gasteiger partial charge < -0.3 is 14.8 Å². The van der Waals surface area contributed by atoms with Crippen LogP contribution < -0.4 is 20.5 Å². The summed E-state index contributed by atoms with van der Waals surface area (Å²) >= 11 is 0. The van der Waals surface area contributed by atoms with Gasteiger partial charge in [-0.05, 0) is 36.4 Å².